The zero-order chi connectivity index (χ0) is 16.1. The monoisotopic (exact) mass is 325 g/mol. The van der Waals surface area contributed by atoms with Crippen LogP contribution in [0.4, 0.5) is 8.78 Å². The SMILES string of the molecule is Cc1cc(CCNC(=O)c2ccccc2SC(F)F)nn1C. The number of aromatic nitrogens is 2. The average molecular weight is 325 g/mol. The van der Waals surface area contributed by atoms with Gasteiger partial charge in [0.25, 0.3) is 11.7 Å². The summed E-state index contributed by atoms with van der Waals surface area (Å²) in [5.74, 6) is -2.90. The van der Waals surface area contributed by atoms with Crippen LogP contribution < -0.4 is 5.32 Å². The Bertz CT molecular complexity index is 638. The van der Waals surface area contributed by atoms with Gasteiger partial charge in [0.05, 0.1) is 11.3 Å². The highest BCUT2D eigenvalue weighted by atomic mass is 32.2. The van der Waals surface area contributed by atoms with Crippen molar-refractivity contribution in [2.75, 3.05) is 6.54 Å². The highest BCUT2D eigenvalue weighted by molar-refractivity contribution is 7.99. The zero-order valence-electron chi connectivity index (χ0n) is 12.3. The number of carbonyl (C=O) groups excluding carboxylic acids is 1. The van der Waals surface area contributed by atoms with Gasteiger partial charge >= 0.3 is 0 Å². The Morgan fingerprint density at radius 3 is 2.77 bits per heavy atom. The maximum atomic E-state index is 12.5. The van der Waals surface area contributed by atoms with Crippen molar-refractivity contribution in [1.29, 1.82) is 0 Å². The normalized spacial score (nSPS) is 11.0. The molecule has 0 spiro atoms. The average Bonchev–Trinajstić information content (AvgIpc) is 2.77. The number of nitrogens with one attached hydrogen (secondary N) is 1. The third-order valence-corrected chi connectivity index (χ3v) is 3.97. The Hall–Kier alpha value is -1.89. The summed E-state index contributed by atoms with van der Waals surface area (Å²) in [5.41, 5.74) is 2.19. The van der Waals surface area contributed by atoms with Crippen LogP contribution in [-0.4, -0.2) is 28.0 Å². The molecular weight excluding hydrogens is 308 g/mol. The maximum absolute atomic E-state index is 12.5. The summed E-state index contributed by atoms with van der Waals surface area (Å²) in [6.07, 6.45) is 0.595. The molecule has 0 aliphatic carbocycles. The van der Waals surface area contributed by atoms with E-state index in [1.807, 2.05) is 20.0 Å². The lowest BCUT2D eigenvalue weighted by atomic mass is 10.2. The van der Waals surface area contributed by atoms with Crippen LogP contribution in [-0.2, 0) is 13.5 Å². The number of carbonyl (C=O) groups is 1. The Balaban J connectivity index is 1.95. The fourth-order valence-electron chi connectivity index (χ4n) is 2.01. The fraction of sp³-hybridized carbons (Fsp3) is 0.333. The van der Waals surface area contributed by atoms with Crippen molar-refractivity contribution in [1.82, 2.24) is 15.1 Å². The van der Waals surface area contributed by atoms with Crippen LogP contribution in [0.5, 0.6) is 0 Å². The molecule has 0 atom stereocenters. The van der Waals surface area contributed by atoms with Gasteiger partial charge in [-0.2, -0.15) is 13.9 Å². The predicted octanol–water partition coefficient (Wildman–Crippen LogP) is 3.02. The molecule has 0 radical (unpaired) electrons. The molecule has 4 nitrogen and oxygen atoms in total. The van der Waals surface area contributed by atoms with Gasteiger partial charge in [0.2, 0.25) is 0 Å². The molecule has 1 heterocycles. The number of halogens is 2. The third-order valence-electron chi connectivity index (χ3n) is 3.18. The van der Waals surface area contributed by atoms with Crippen molar-refractivity contribution in [3.63, 3.8) is 0 Å². The molecule has 0 saturated heterocycles. The molecule has 118 valence electrons. The molecule has 1 N–H and O–H groups in total. The largest absolute Gasteiger partial charge is 0.352 e. The van der Waals surface area contributed by atoms with E-state index in [0.29, 0.717) is 24.7 Å². The fourth-order valence-corrected chi connectivity index (χ4v) is 2.65. The molecule has 0 aliphatic heterocycles. The highest BCUT2D eigenvalue weighted by Gasteiger charge is 2.14. The number of nitrogens with zero attached hydrogens (tertiary/aromatic N) is 2. The molecule has 1 aromatic heterocycles. The summed E-state index contributed by atoms with van der Waals surface area (Å²) in [6.45, 7) is 2.36. The highest BCUT2D eigenvalue weighted by Crippen LogP contribution is 2.28. The smallest absolute Gasteiger partial charge is 0.288 e. The van der Waals surface area contributed by atoms with Gasteiger partial charge in [-0.3, -0.25) is 9.48 Å². The summed E-state index contributed by atoms with van der Waals surface area (Å²) in [4.78, 5) is 12.4. The van der Waals surface area contributed by atoms with Gasteiger partial charge in [-0.05, 0) is 25.1 Å². The van der Waals surface area contributed by atoms with Gasteiger partial charge in [0, 0.05) is 30.6 Å². The van der Waals surface area contributed by atoms with E-state index in [1.165, 1.54) is 6.07 Å². The summed E-state index contributed by atoms with van der Waals surface area (Å²) < 4.78 is 26.8. The minimum Gasteiger partial charge on any atom is -0.352 e. The number of aryl methyl sites for hydroxylation is 2. The van der Waals surface area contributed by atoms with Gasteiger partial charge in [-0.15, -0.1) is 0 Å². The first-order chi connectivity index (χ1) is 10.5. The molecule has 22 heavy (non-hydrogen) atoms. The van der Waals surface area contributed by atoms with E-state index in [4.69, 9.17) is 0 Å². The maximum Gasteiger partial charge on any atom is 0.288 e. The summed E-state index contributed by atoms with van der Waals surface area (Å²) in [6, 6.07) is 8.32. The van der Waals surface area contributed by atoms with E-state index >= 15 is 0 Å². The molecule has 0 unspecified atom stereocenters. The lowest BCUT2D eigenvalue weighted by Crippen LogP contribution is -2.26. The van der Waals surface area contributed by atoms with E-state index in [1.54, 1.807) is 22.9 Å². The molecule has 1 amide bonds. The molecule has 0 aliphatic rings. The van der Waals surface area contributed by atoms with Crippen LogP contribution in [0.25, 0.3) is 0 Å². The number of benzene rings is 1. The second-order valence-electron chi connectivity index (χ2n) is 4.78. The van der Waals surface area contributed by atoms with Crippen molar-refractivity contribution in [2.45, 2.75) is 24.0 Å². The summed E-state index contributed by atoms with van der Waals surface area (Å²) in [5, 5.41) is 7.04. The van der Waals surface area contributed by atoms with E-state index in [-0.39, 0.29) is 16.4 Å². The standard InChI is InChI=1S/C15H17F2N3OS/c1-10-9-11(19-20(10)2)7-8-18-14(21)12-5-3-4-6-13(12)22-15(16)17/h3-6,9,15H,7-8H2,1-2H3,(H,18,21). The van der Waals surface area contributed by atoms with E-state index in [0.717, 1.165) is 11.4 Å². The van der Waals surface area contributed by atoms with E-state index < -0.39 is 5.76 Å². The quantitative estimate of drug-likeness (QED) is 0.831. The number of rotatable bonds is 6. The molecular formula is C15H17F2N3OS. The molecule has 0 fully saturated rings. The topological polar surface area (TPSA) is 46.9 Å². The minimum absolute atomic E-state index is 0.269. The first-order valence-corrected chi connectivity index (χ1v) is 7.67. The van der Waals surface area contributed by atoms with Crippen molar-refractivity contribution in [3.05, 3.63) is 47.3 Å². The predicted molar refractivity (Wildman–Crippen MR) is 82.3 cm³/mol. The van der Waals surface area contributed by atoms with Gasteiger partial charge in [-0.25, -0.2) is 0 Å². The van der Waals surface area contributed by atoms with Crippen molar-refractivity contribution >= 4 is 17.7 Å². The summed E-state index contributed by atoms with van der Waals surface area (Å²) in [7, 11) is 1.86. The van der Waals surface area contributed by atoms with E-state index in [9.17, 15) is 13.6 Å². The zero-order valence-corrected chi connectivity index (χ0v) is 13.2. The second-order valence-corrected chi connectivity index (χ2v) is 5.81. The number of hydrogen-bond donors (Lipinski definition) is 1. The van der Waals surface area contributed by atoms with Crippen LogP contribution >= 0.6 is 11.8 Å². The lowest BCUT2D eigenvalue weighted by molar-refractivity contribution is 0.0951. The Kier molecular flexibility index (Phi) is 5.54. The molecule has 0 bridgehead atoms. The Morgan fingerprint density at radius 1 is 1.41 bits per heavy atom. The second kappa shape index (κ2) is 7.40. The lowest BCUT2D eigenvalue weighted by Gasteiger charge is -2.09. The van der Waals surface area contributed by atoms with Crippen molar-refractivity contribution < 1.29 is 13.6 Å². The molecule has 7 heteroatoms. The number of alkyl halides is 2. The first kappa shape index (κ1) is 16.5. The van der Waals surface area contributed by atoms with Gasteiger partial charge < -0.3 is 5.32 Å². The molecule has 1 aromatic carbocycles. The van der Waals surface area contributed by atoms with Crippen LogP contribution in [0.2, 0.25) is 0 Å². The molecule has 2 aromatic rings. The molecule has 2 rings (SSSR count). The summed E-state index contributed by atoms with van der Waals surface area (Å²) >= 11 is 0.379. The number of thioether (sulfide) groups is 1. The van der Waals surface area contributed by atoms with Crippen LogP contribution in [0, 0.1) is 6.92 Å². The molecule has 0 saturated carbocycles. The van der Waals surface area contributed by atoms with Gasteiger partial charge in [0.15, 0.2) is 0 Å². The van der Waals surface area contributed by atoms with Crippen molar-refractivity contribution in [3.8, 4) is 0 Å². The van der Waals surface area contributed by atoms with Crippen molar-refractivity contribution in [2.24, 2.45) is 7.05 Å². The minimum atomic E-state index is -2.55. The first-order valence-electron chi connectivity index (χ1n) is 6.79. The van der Waals surface area contributed by atoms with Gasteiger partial charge in [-0.1, -0.05) is 23.9 Å². The van der Waals surface area contributed by atoms with Crippen LogP contribution in [0.1, 0.15) is 21.7 Å². The van der Waals surface area contributed by atoms with E-state index in [2.05, 4.69) is 10.4 Å². The van der Waals surface area contributed by atoms with Gasteiger partial charge in [0.1, 0.15) is 0 Å². The third kappa shape index (κ3) is 4.30. The van der Waals surface area contributed by atoms with Crippen LogP contribution in [0.15, 0.2) is 35.2 Å². The Morgan fingerprint density at radius 2 is 2.14 bits per heavy atom. The number of amides is 1. The number of hydrogen-bond acceptors (Lipinski definition) is 3. The Labute approximate surface area is 131 Å². The van der Waals surface area contributed by atoms with Crippen LogP contribution in [0.3, 0.4) is 0 Å².